The Bertz CT molecular complexity index is 245. The molecule has 14 heavy (non-hydrogen) atoms. The number of hydrogen-bond acceptors (Lipinski definition) is 2. The second kappa shape index (κ2) is 5.21. The highest BCUT2D eigenvalue weighted by Crippen LogP contribution is 2.32. The Kier molecular flexibility index (Phi) is 4.63. The summed E-state index contributed by atoms with van der Waals surface area (Å²) < 4.78 is 0. The second-order valence-electron chi connectivity index (χ2n) is 3.14. The van der Waals surface area contributed by atoms with Gasteiger partial charge in [0.15, 0.2) is 0 Å². The molecule has 78 valence electrons. The summed E-state index contributed by atoms with van der Waals surface area (Å²) in [7, 11) is 0. The topological polar surface area (TPSA) is 74.6 Å². The molecular formula is C10H14O4. The zero-order valence-corrected chi connectivity index (χ0v) is 7.90. The molecule has 0 amide bonds. The first-order valence-electron chi connectivity index (χ1n) is 4.15. The predicted octanol–water partition coefficient (Wildman–Crippen LogP) is 1.68. The van der Waals surface area contributed by atoms with Gasteiger partial charge in [-0.05, 0) is 12.8 Å². The highest BCUT2D eigenvalue weighted by molar-refractivity contribution is 5.81. The molecule has 0 rings (SSSR count). The molecule has 0 saturated carbocycles. The van der Waals surface area contributed by atoms with Crippen molar-refractivity contribution in [2.24, 2.45) is 5.41 Å². The molecule has 0 radical (unpaired) electrons. The van der Waals surface area contributed by atoms with Gasteiger partial charge in [0, 0.05) is 0 Å². The number of carboxylic acids is 2. The van der Waals surface area contributed by atoms with Crippen LogP contribution in [0.1, 0.15) is 19.3 Å². The highest BCUT2D eigenvalue weighted by atomic mass is 16.4. The Hall–Kier alpha value is -1.58. The van der Waals surface area contributed by atoms with E-state index in [1.807, 2.05) is 0 Å². The summed E-state index contributed by atoms with van der Waals surface area (Å²) in [5.74, 6) is -2.25. The zero-order valence-electron chi connectivity index (χ0n) is 7.90. The van der Waals surface area contributed by atoms with Gasteiger partial charge in [0.25, 0.3) is 0 Å². The second-order valence-corrected chi connectivity index (χ2v) is 3.14. The Morgan fingerprint density at radius 3 is 1.79 bits per heavy atom. The van der Waals surface area contributed by atoms with Crippen LogP contribution in [0.15, 0.2) is 25.3 Å². The number of hydrogen-bond donors (Lipinski definition) is 2. The van der Waals surface area contributed by atoms with Gasteiger partial charge >= 0.3 is 11.9 Å². The van der Waals surface area contributed by atoms with Crippen LogP contribution >= 0.6 is 0 Å². The van der Waals surface area contributed by atoms with Crippen LogP contribution in [0, 0.1) is 5.41 Å². The van der Waals surface area contributed by atoms with Crippen molar-refractivity contribution in [3.8, 4) is 0 Å². The third kappa shape index (κ3) is 3.05. The summed E-state index contributed by atoms with van der Waals surface area (Å²) in [5, 5.41) is 17.6. The van der Waals surface area contributed by atoms with Crippen molar-refractivity contribution in [3.63, 3.8) is 0 Å². The van der Waals surface area contributed by atoms with Crippen molar-refractivity contribution >= 4 is 11.9 Å². The monoisotopic (exact) mass is 198 g/mol. The minimum absolute atomic E-state index is 0.126. The number of aliphatic carboxylic acids is 2. The van der Waals surface area contributed by atoms with Crippen molar-refractivity contribution in [2.75, 3.05) is 0 Å². The fourth-order valence-corrected chi connectivity index (χ4v) is 1.32. The smallest absolute Gasteiger partial charge is 0.310 e. The van der Waals surface area contributed by atoms with Crippen LogP contribution in [0.25, 0.3) is 0 Å². The average molecular weight is 198 g/mol. The normalized spacial score (nSPS) is 10.6. The van der Waals surface area contributed by atoms with E-state index in [1.165, 1.54) is 12.2 Å². The highest BCUT2D eigenvalue weighted by Gasteiger charge is 2.38. The van der Waals surface area contributed by atoms with Crippen LogP contribution in [0.4, 0.5) is 0 Å². The number of carboxylic acid groups (broad SMARTS) is 2. The van der Waals surface area contributed by atoms with E-state index in [0.29, 0.717) is 0 Å². The molecule has 0 atom stereocenters. The first kappa shape index (κ1) is 12.4. The van der Waals surface area contributed by atoms with Gasteiger partial charge in [-0.2, -0.15) is 0 Å². The predicted molar refractivity (Wildman–Crippen MR) is 51.9 cm³/mol. The molecule has 0 aromatic rings. The first-order valence-corrected chi connectivity index (χ1v) is 4.15. The van der Waals surface area contributed by atoms with Crippen LogP contribution in [0.2, 0.25) is 0 Å². The van der Waals surface area contributed by atoms with Crippen molar-refractivity contribution in [2.45, 2.75) is 19.3 Å². The average Bonchev–Trinajstić information content (AvgIpc) is 2.03. The van der Waals surface area contributed by atoms with Crippen molar-refractivity contribution in [3.05, 3.63) is 25.3 Å². The lowest BCUT2D eigenvalue weighted by atomic mass is 9.78. The number of allylic oxidation sites excluding steroid dienone is 2. The molecule has 0 spiro atoms. The molecule has 4 heteroatoms. The minimum Gasteiger partial charge on any atom is -0.481 e. The maximum atomic E-state index is 11.0. The molecule has 0 heterocycles. The van der Waals surface area contributed by atoms with Gasteiger partial charge in [-0.3, -0.25) is 9.59 Å². The van der Waals surface area contributed by atoms with Crippen LogP contribution in [-0.4, -0.2) is 22.2 Å². The lowest BCUT2D eigenvalue weighted by molar-refractivity contribution is -0.155. The van der Waals surface area contributed by atoms with E-state index in [1.54, 1.807) is 0 Å². The summed E-state index contributed by atoms with van der Waals surface area (Å²) in [4.78, 5) is 21.5. The molecule has 2 N–H and O–H groups in total. The van der Waals surface area contributed by atoms with E-state index in [0.717, 1.165) is 0 Å². The van der Waals surface area contributed by atoms with Gasteiger partial charge in [0.2, 0.25) is 0 Å². The van der Waals surface area contributed by atoms with E-state index in [2.05, 4.69) is 13.2 Å². The lowest BCUT2D eigenvalue weighted by Gasteiger charge is -2.24. The molecule has 0 saturated heterocycles. The summed E-state index contributed by atoms with van der Waals surface area (Å²) in [6.45, 7) is 6.85. The Morgan fingerprint density at radius 1 is 1.14 bits per heavy atom. The molecule has 0 bridgehead atoms. The van der Waals surface area contributed by atoms with E-state index in [-0.39, 0.29) is 12.8 Å². The number of carbonyl (C=O) groups is 2. The summed E-state index contributed by atoms with van der Waals surface area (Å²) in [6, 6.07) is 0. The summed E-state index contributed by atoms with van der Waals surface area (Å²) in [6.07, 6.45) is 2.67. The Morgan fingerprint density at radius 2 is 1.57 bits per heavy atom. The lowest BCUT2D eigenvalue weighted by Crippen LogP contribution is -2.32. The minimum atomic E-state index is -1.30. The molecule has 0 unspecified atom stereocenters. The van der Waals surface area contributed by atoms with Gasteiger partial charge in [-0.1, -0.05) is 12.2 Å². The third-order valence-corrected chi connectivity index (χ3v) is 2.01. The van der Waals surface area contributed by atoms with Crippen molar-refractivity contribution in [1.82, 2.24) is 0 Å². The van der Waals surface area contributed by atoms with Gasteiger partial charge in [0.05, 0.1) is 11.8 Å². The van der Waals surface area contributed by atoms with E-state index >= 15 is 0 Å². The maximum Gasteiger partial charge on any atom is 0.310 e. The van der Waals surface area contributed by atoms with Gasteiger partial charge in [0.1, 0.15) is 0 Å². The molecule has 0 aromatic carbocycles. The fraction of sp³-hybridized carbons (Fsp3) is 0.400. The van der Waals surface area contributed by atoms with Crippen LogP contribution < -0.4 is 0 Å². The zero-order chi connectivity index (χ0) is 11.2. The molecule has 0 aliphatic heterocycles. The summed E-state index contributed by atoms with van der Waals surface area (Å²) in [5.41, 5.74) is -1.30. The summed E-state index contributed by atoms with van der Waals surface area (Å²) >= 11 is 0. The maximum absolute atomic E-state index is 11.0. The largest absolute Gasteiger partial charge is 0.481 e. The number of rotatable bonds is 7. The van der Waals surface area contributed by atoms with Gasteiger partial charge in [-0.25, -0.2) is 0 Å². The van der Waals surface area contributed by atoms with Crippen molar-refractivity contribution in [1.29, 1.82) is 0 Å². The molecule has 4 nitrogen and oxygen atoms in total. The molecule has 0 aromatic heterocycles. The van der Waals surface area contributed by atoms with Crippen LogP contribution in [-0.2, 0) is 9.59 Å². The van der Waals surface area contributed by atoms with Gasteiger partial charge in [-0.15, -0.1) is 13.2 Å². The Labute approximate surface area is 82.6 Å². The quantitative estimate of drug-likeness (QED) is 0.610. The first-order chi connectivity index (χ1) is 6.48. The Balaban J connectivity index is 4.90. The SMILES string of the molecule is C=CCC(CC=C)(CC(=O)O)C(=O)O. The van der Waals surface area contributed by atoms with E-state index in [4.69, 9.17) is 10.2 Å². The van der Waals surface area contributed by atoms with Gasteiger partial charge < -0.3 is 10.2 Å². The molecule has 0 aliphatic rings. The van der Waals surface area contributed by atoms with Crippen LogP contribution in [0.3, 0.4) is 0 Å². The van der Waals surface area contributed by atoms with Crippen molar-refractivity contribution < 1.29 is 19.8 Å². The fourth-order valence-electron chi connectivity index (χ4n) is 1.32. The van der Waals surface area contributed by atoms with E-state index < -0.39 is 23.8 Å². The molecule has 0 aliphatic carbocycles. The molecule has 0 fully saturated rings. The van der Waals surface area contributed by atoms with E-state index in [9.17, 15) is 9.59 Å². The standard InChI is InChI=1S/C10H14O4/c1-3-5-10(6-4-2,9(13)14)7-8(11)12/h3-4H,1-2,5-7H2,(H,11,12)(H,13,14). The molecular weight excluding hydrogens is 184 g/mol. The third-order valence-electron chi connectivity index (χ3n) is 2.01. The van der Waals surface area contributed by atoms with Crippen LogP contribution in [0.5, 0.6) is 0 Å².